The van der Waals surface area contributed by atoms with E-state index in [1.807, 2.05) is 25.1 Å². The van der Waals surface area contributed by atoms with Gasteiger partial charge in [-0.3, -0.25) is 4.99 Å². The van der Waals surface area contributed by atoms with Crippen LogP contribution in [-0.2, 0) is 0 Å². The molecule has 1 unspecified atom stereocenters. The molecule has 1 aromatic carbocycles. The molecule has 28 heavy (non-hydrogen) atoms. The van der Waals surface area contributed by atoms with Gasteiger partial charge in [0.1, 0.15) is 0 Å². The summed E-state index contributed by atoms with van der Waals surface area (Å²) in [7, 11) is 0. The predicted octanol–water partition coefficient (Wildman–Crippen LogP) is 2.57. The van der Waals surface area contributed by atoms with Gasteiger partial charge in [-0.15, -0.1) is 24.0 Å². The van der Waals surface area contributed by atoms with Gasteiger partial charge in [-0.1, -0.05) is 23.7 Å². The third-order valence-electron chi connectivity index (χ3n) is 4.42. The Morgan fingerprint density at radius 1 is 1.18 bits per heavy atom. The van der Waals surface area contributed by atoms with E-state index in [4.69, 9.17) is 11.6 Å². The van der Waals surface area contributed by atoms with Crippen molar-refractivity contribution in [2.45, 2.75) is 13.0 Å². The number of aromatic nitrogens is 2. The second-order valence-electron chi connectivity index (χ2n) is 6.28. The van der Waals surface area contributed by atoms with Crippen molar-refractivity contribution in [2.24, 2.45) is 4.99 Å². The lowest BCUT2D eigenvalue weighted by Crippen LogP contribution is -2.53. The third kappa shape index (κ3) is 6.18. The molecule has 2 heterocycles. The predicted molar refractivity (Wildman–Crippen MR) is 124 cm³/mol. The van der Waals surface area contributed by atoms with Gasteiger partial charge in [0.25, 0.3) is 0 Å². The van der Waals surface area contributed by atoms with E-state index in [0.29, 0.717) is 11.6 Å². The largest absolute Gasteiger partial charge is 0.386 e. The highest BCUT2D eigenvalue weighted by Crippen LogP contribution is 2.17. The molecule has 0 saturated carbocycles. The van der Waals surface area contributed by atoms with Gasteiger partial charge in [-0.05, 0) is 30.7 Å². The summed E-state index contributed by atoms with van der Waals surface area (Å²) in [6.45, 7) is 6.41. The summed E-state index contributed by atoms with van der Waals surface area (Å²) in [6.07, 6.45) is 2.87. The number of benzene rings is 1. The zero-order valence-corrected chi connectivity index (χ0v) is 18.9. The quantitative estimate of drug-likeness (QED) is 0.361. The summed E-state index contributed by atoms with van der Waals surface area (Å²) in [4.78, 5) is 17.6. The number of aliphatic hydroxyl groups is 1. The van der Waals surface area contributed by atoms with Crippen LogP contribution in [0.25, 0.3) is 0 Å². The van der Waals surface area contributed by atoms with Crippen LogP contribution in [0, 0.1) is 0 Å². The minimum atomic E-state index is -0.657. The minimum absolute atomic E-state index is 0. The second kappa shape index (κ2) is 11.4. The average molecular weight is 517 g/mol. The van der Waals surface area contributed by atoms with Gasteiger partial charge in [-0.2, -0.15) is 0 Å². The first-order chi connectivity index (χ1) is 13.2. The number of hydrogen-bond donors (Lipinski definition) is 2. The molecule has 0 amide bonds. The van der Waals surface area contributed by atoms with Crippen molar-refractivity contribution in [1.29, 1.82) is 0 Å². The molecule has 9 heteroatoms. The molecule has 1 saturated heterocycles. The number of rotatable bonds is 5. The molecule has 152 valence electrons. The maximum Gasteiger partial charge on any atom is 0.225 e. The Labute approximate surface area is 187 Å². The van der Waals surface area contributed by atoms with Crippen LogP contribution in [-0.4, -0.2) is 65.2 Å². The van der Waals surface area contributed by atoms with Crippen LogP contribution in [0.5, 0.6) is 0 Å². The van der Waals surface area contributed by atoms with Crippen molar-refractivity contribution in [1.82, 2.24) is 20.2 Å². The minimum Gasteiger partial charge on any atom is -0.386 e. The first-order valence-corrected chi connectivity index (χ1v) is 9.54. The fourth-order valence-electron chi connectivity index (χ4n) is 2.96. The Morgan fingerprint density at radius 2 is 1.82 bits per heavy atom. The number of hydrogen-bond acceptors (Lipinski definition) is 5. The molecule has 1 aliphatic heterocycles. The van der Waals surface area contributed by atoms with Crippen LogP contribution in [0.1, 0.15) is 18.6 Å². The number of aliphatic hydroxyl groups excluding tert-OH is 1. The molecule has 2 aromatic rings. The van der Waals surface area contributed by atoms with Crippen molar-refractivity contribution < 1.29 is 5.11 Å². The number of guanidine groups is 1. The van der Waals surface area contributed by atoms with Crippen LogP contribution >= 0.6 is 35.6 Å². The number of aliphatic imine (C=N–C) groups is 1. The SMILES string of the molecule is CCNC(=NCC(O)c1ccc(Cl)cc1)N1CCN(c2ncccn2)CC1.I. The highest BCUT2D eigenvalue weighted by Gasteiger charge is 2.21. The molecule has 1 fully saturated rings. The van der Waals surface area contributed by atoms with E-state index in [9.17, 15) is 5.11 Å². The Kier molecular flexibility index (Phi) is 9.20. The van der Waals surface area contributed by atoms with Crippen molar-refractivity contribution in [2.75, 3.05) is 44.2 Å². The molecule has 3 rings (SSSR count). The van der Waals surface area contributed by atoms with Crippen molar-refractivity contribution in [3.8, 4) is 0 Å². The van der Waals surface area contributed by atoms with Gasteiger partial charge >= 0.3 is 0 Å². The maximum absolute atomic E-state index is 10.4. The molecule has 7 nitrogen and oxygen atoms in total. The number of piperazine rings is 1. The van der Waals surface area contributed by atoms with Crippen molar-refractivity contribution in [3.63, 3.8) is 0 Å². The molecule has 0 aliphatic carbocycles. The van der Waals surface area contributed by atoms with E-state index in [2.05, 4.69) is 30.1 Å². The van der Waals surface area contributed by atoms with E-state index in [1.54, 1.807) is 24.5 Å². The average Bonchev–Trinajstić information content (AvgIpc) is 2.72. The first kappa shape index (κ1) is 22.6. The molecule has 1 atom stereocenters. The summed E-state index contributed by atoms with van der Waals surface area (Å²) < 4.78 is 0. The van der Waals surface area contributed by atoms with E-state index in [-0.39, 0.29) is 24.0 Å². The normalized spacial score (nSPS) is 15.8. The summed E-state index contributed by atoms with van der Waals surface area (Å²) in [5, 5.41) is 14.4. The van der Waals surface area contributed by atoms with Crippen LogP contribution in [0.4, 0.5) is 5.95 Å². The lowest BCUT2D eigenvalue weighted by molar-refractivity contribution is 0.186. The summed E-state index contributed by atoms with van der Waals surface area (Å²) in [6, 6.07) is 9.03. The smallest absolute Gasteiger partial charge is 0.225 e. The van der Waals surface area contributed by atoms with Gasteiger partial charge in [0.05, 0.1) is 12.6 Å². The molecule has 1 aliphatic rings. The monoisotopic (exact) mass is 516 g/mol. The third-order valence-corrected chi connectivity index (χ3v) is 4.67. The van der Waals surface area contributed by atoms with E-state index in [1.165, 1.54) is 0 Å². The number of nitrogens with zero attached hydrogens (tertiary/aromatic N) is 5. The van der Waals surface area contributed by atoms with E-state index < -0.39 is 6.10 Å². The van der Waals surface area contributed by atoms with Crippen LogP contribution in [0.15, 0.2) is 47.7 Å². The van der Waals surface area contributed by atoms with Gasteiger partial charge in [0, 0.05) is 50.1 Å². The summed E-state index contributed by atoms with van der Waals surface area (Å²) in [5.74, 6) is 1.58. The fourth-order valence-corrected chi connectivity index (χ4v) is 3.09. The van der Waals surface area contributed by atoms with Gasteiger partial charge in [0.15, 0.2) is 5.96 Å². The Balaban J connectivity index is 0.00000280. The highest BCUT2D eigenvalue weighted by molar-refractivity contribution is 14.0. The second-order valence-corrected chi connectivity index (χ2v) is 6.72. The topological polar surface area (TPSA) is 76.9 Å². The van der Waals surface area contributed by atoms with E-state index in [0.717, 1.165) is 50.2 Å². The summed E-state index contributed by atoms with van der Waals surface area (Å²) >= 11 is 5.90. The number of nitrogens with one attached hydrogen (secondary N) is 1. The number of anilines is 1. The molecular weight excluding hydrogens is 491 g/mol. The molecule has 0 bridgehead atoms. The molecule has 2 N–H and O–H groups in total. The highest BCUT2D eigenvalue weighted by atomic mass is 127. The Morgan fingerprint density at radius 3 is 2.43 bits per heavy atom. The summed E-state index contributed by atoms with van der Waals surface area (Å²) in [5.41, 5.74) is 0.810. The lowest BCUT2D eigenvalue weighted by atomic mass is 10.1. The zero-order chi connectivity index (χ0) is 19.1. The fraction of sp³-hybridized carbons (Fsp3) is 0.421. The van der Waals surface area contributed by atoms with Gasteiger partial charge < -0.3 is 20.2 Å². The molecule has 0 spiro atoms. The Bertz CT molecular complexity index is 738. The van der Waals surface area contributed by atoms with Crippen LogP contribution < -0.4 is 10.2 Å². The van der Waals surface area contributed by atoms with E-state index >= 15 is 0 Å². The van der Waals surface area contributed by atoms with Crippen molar-refractivity contribution >= 4 is 47.5 Å². The molecule has 0 radical (unpaired) electrons. The van der Waals surface area contributed by atoms with Crippen LogP contribution in [0.3, 0.4) is 0 Å². The lowest BCUT2D eigenvalue weighted by Gasteiger charge is -2.36. The number of halogens is 2. The maximum atomic E-state index is 10.4. The molecular formula is C19H26ClIN6O. The van der Waals surface area contributed by atoms with Crippen molar-refractivity contribution in [3.05, 3.63) is 53.3 Å². The van der Waals surface area contributed by atoms with Gasteiger partial charge in [-0.25, -0.2) is 9.97 Å². The zero-order valence-electron chi connectivity index (χ0n) is 15.8. The van der Waals surface area contributed by atoms with Crippen LogP contribution in [0.2, 0.25) is 5.02 Å². The molecule has 1 aromatic heterocycles. The van der Waals surface area contributed by atoms with Gasteiger partial charge in [0.2, 0.25) is 5.95 Å². The standard InChI is InChI=1S/C19H25ClN6O.HI/c1-2-21-18(24-14-17(27)15-4-6-16(20)7-5-15)25-10-12-26(13-11-25)19-22-8-3-9-23-19;/h3-9,17,27H,2,10-14H2,1H3,(H,21,24);1H. The Hall–Kier alpha value is -1.65. The first-order valence-electron chi connectivity index (χ1n) is 9.16.